The molecule has 0 aromatic carbocycles. The highest BCUT2D eigenvalue weighted by Gasteiger charge is 2.38. The lowest BCUT2D eigenvalue weighted by molar-refractivity contribution is -0.192. The molecular weight excluding hydrogens is 455 g/mol. The van der Waals surface area contributed by atoms with Gasteiger partial charge in [-0.1, -0.05) is 6.07 Å². The van der Waals surface area contributed by atoms with Gasteiger partial charge in [-0.15, -0.1) is 0 Å². The Kier molecular flexibility index (Phi) is 8.32. The first kappa shape index (κ1) is 25.3. The number of carbonyl (C=O) groups excluding carboxylic acids is 1. The number of aromatic nitrogens is 3. The molecule has 32 heavy (non-hydrogen) atoms. The molecule has 3 rings (SSSR count). The van der Waals surface area contributed by atoms with Gasteiger partial charge in [0.25, 0.3) is 0 Å². The van der Waals surface area contributed by atoms with Crippen molar-refractivity contribution in [1.82, 2.24) is 24.4 Å². The van der Waals surface area contributed by atoms with E-state index in [0.29, 0.717) is 13.1 Å². The van der Waals surface area contributed by atoms with E-state index in [-0.39, 0.29) is 30.7 Å². The van der Waals surface area contributed by atoms with Crippen molar-refractivity contribution in [3.63, 3.8) is 0 Å². The van der Waals surface area contributed by atoms with Crippen molar-refractivity contribution < 1.29 is 36.3 Å². The number of nitrogens with one attached hydrogen (secondary N) is 1. The molecular formula is C18H22F3N5O5S. The summed E-state index contributed by atoms with van der Waals surface area (Å²) in [5.41, 5.74) is 1.57. The molecule has 3 heterocycles. The number of pyridine rings is 1. The highest BCUT2D eigenvalue weighted by atomic mass is 32.2. The van der Waals surface area contributed by atoms with Crippen LogP contribution >= 0.6 is 0 Å². The maximum Gasteiger partial charge on any atom is 0.490 e. The second kappa shape index (κ2) is 10.5. The van der Waals surface area contributed by atoms with Crippen molar-refractivity contribution in [2.75, 3.05) is 12.3 Å². The lowest BCUT2D eigenvalue weighted by Crippen LogP contribution is -2.43. The second-order valence-corrected chi connectivity index (χ2v) is 8.98. The summed E-state index contributed by atoms with van der Waals surface area (Å²) >= 11 is 0. The number of carboxylic acid groups (broad SMARTS) is 1. The summed E-state index contributed by atoms with van der Waals surface area (Å²) in [6.45, 7) is 2.51. The Labute approximate surface area is 182 Å². The Morgan fingerprint density at radius 1 is 1.25 bits per heavy atom. The molecule has 0 fully saturated rings. The molecule has 0 aliphatic carbocycles. The van der Waals surface area contributed by atoms with Crippen LogP contribution in [0.1, 0.15) is 30.8 Å². The number of amides is 1. The number of carbonyl (C=O) groups is 2. The summed E-state index contributed by atoms with van der Waals surface area (Å²) in [5, 5.41) is 14.2. The first-order chi connectivity index (χ1) is 14.9. The van der Waals surface area contributed by atoms with Gasteiger partial charge in [-0.3, -0.25) is 14.5 Å². The molecule has 0 spiro atoms. The molecule has 0 saturated carbocycles. The van der Waals surface area contributed by atoms with Crippen LogP contribution in [0.5, 0.6) is 0 Å². The molecule has 14 heteroatoms. The minimum Gasteiger partial charge on any atom is -0.475 e. The lowest BCUT2D eigenvalue weighted by atomic mass is 10.1. The van der Waals surface area contributed by atoms with Gasteiger partial charge in [0.2, 0.25) is 15.9 Å². The Bertz CT molecular complexity index is 1030. The minimum atomic E-state index is -5.08. The monoisotopic (exact) mass is 477 g/mol. The number of fused-ring (bicyclic) bond motifs is 1. The molecule has 0 saturated heterocycles. The molecule has 1 aliphatic rings. The van der Waals surface area contributed by atoms with Crippen molar-refractivity contribution in [3.05, 3.63) is 48.0 Å². The number of halogens is 3. The highest BCUT2D eigenvalue weighted by molar-refractivity contribution is 7.89. The van der Waals surface area contributed by atoms with Crippen molar-refractivity contribution in [2.45, 2.75) is 38.7 Å². The van der Waals surface area contributed by atoms with Crippen LogP contribution in [0.25, 0.3) is 0 Å². The molecule has 2 N–H and O–H groups in total. The predicted molar refractivity (Wildman–Crippen MR) is 106 cm³/mol. The molecule has 1 atom stereocenters. The SMILES string of the molecule is CCS(=O)(=O)N1Cc2ccnn2C(CC(=O)NCc2ccccn2)C1.O=C(O)C(F)(F)F. The summed E-state index contributed by atoms with van der Waals surface area (Å²) in [6.07, 6.45) is -1.61. The maximum atomic E-state index is 12.3. The molecule has 0 radical (unpaired) electrons. The zero-order valence-corrected chi connectivity index (χ0v) is 17.8. The average molecular weight is 477 g/mol. The minimum absolute atomic E-state index is 0.0414. The largest absolute Gasteiger partial charge is 0.490 e. The Morgan fingerprint density at radius 2 is 1.94 bits per heavy atom. The van der Waals surface area contributed by atoms with Gasteiger partial charge in [-0.2, -0.15) is 22.6 Å². The van der Waals surface area contributed by atoms with Gasteiger partial charge in [0.15, 0.2) is 0 Å². The first-order valence-corrected chi connectivity index (χ1v) is 11.0. The molecule has 176 valence electrons. The normalized spacial score (nSPS) is 16.4. The zero-order chi connectivity index (χ0) is 23.9. The van der Waals surface area contributed by atoms with Crippen molar-refractivity contribution in [2.24, 2.45) is 0 Å². The maximum absolute atomic E-state index is 12.3. The fourth-order valence-electron chi connectivity index (χ4n) is 2.88. The van der Waals surface area contributed by atoms with E-state index in [2.05, 4.69) is 15.4 Å². The molecule has 1 aliphatic heterocycles. The quantitative estimate of drug-likeness (QED) is 0.641. The van der Waals surface area contributed by atoms with Gasteiger partial charge < -0.3 is 10.4 Å². The van der Waals surface area contributed by atoms with Crippen molar-refractivity contribution >= 4 is 21.9 Å². The third-order valence-corrected chi connectivity index (χ3v) is 6.26. The summed E-state index contributed by atoms with van der Waals surface area (Å²) < 4.78 is 59.4. The van der Waals surface area contributed by atoms with Gasteiger partial charge in [-0.25, -0.2) is 13.2 Å². The fourth-order valence-corrected chi connectivity index (χ4v) is 3.97. The average Bonchev–Trinajstić information content (AvgIpc) is 3.22. The van der Waals surface area contributed by atoms with Crippen LogP contribution in [0.2, 0.25) is 0 Å². The van der Waals surface area contributed by atoms with Crippen LogP contribution < -0.4 is 5.32 Å². The van der Waals surface area contributed by atoms with E-state index in [1.807, 2.05) is 18.2 Å². The molecule has 10 nitrogen and oxygen atoms in total. The Balaban J connectivity index is 0.000000451. The summed E-state index contributed by atoms with van der Waals surface area (Å²) in [4.78, 5) is 25.4. The number of nitrogens with zero attached hydrogens (tertiary/aromatic N) is 4. The fraction of sp³-hybridized carbons (Fsp3) is 0.444. The topological polar surface area (TPSA) is 134 Å². The van der Waals surface area contributed by atoms with E-state index in [9.17, 15) is 26.4 Å². The molecule has 1 unspecified atom stereocenters. The predicted octanol–water partition coefficient (Wildman–Crippen LogP) is 1.32. The highest BCUT2D eigenvalue weighted by Crippen LogP contribution is 2.25. The van der Waals surface area contributed by atoms with E-state index in [0.717, 1.165) is 11.4 Å². The number of rotatable bonds is 6. The molecule has 2 aromatic rings. The lowest BCUT2D eigenvalue weighted by Gasteiger charge is -2.32. The molecule has 1 amide bonds. The third kappa shape index (κ3) is 7.02. The number of aliphatic carboxylic acids is 1. The van der Waals surface area contributed by atoms with E-state index >= 15 is 0 Å². The van der Waals surface area contributed by atoms with Gasteiger partial charge in [0, 0.05) is 18.9 Å². The first-order valence-electron chi connectivity index (χ1n) is 9.41. The van der Waals surface area contributed by atoms with Crippen LogP contribution in [0.15, 0.2) is 36.7 Å². The number of hydrogen-bond donors (Lipinski definition) is 2. The number of carboxylic acids is 1. The van der Waals surface area contributed by atoms with E-state index in [1.54, 1.807) is 30.1 Å². The number of sulfonamides is 1. The van der Waals surface area contributed by atoms with Crippen molar-refractivity contribution in [3.8, 4) is 0 Å². The summed E-state index contributed by atoms with van der Waals surface area (Å²) in [5.74, 6) is -2.87. The van der Waals surface area contributed by atoms with Crippen LogP contribution in [-0.4, -0.2) is 62.9 Å². The Hall–Kier alpha value is -3.00. The Morgan fingerprint density at radius 3 is 2.50 bits per heavy atom. The third-order valence-electron chi connectivity index (χ3n) is 4.47. The zero-order valence-electron chi connectivity index (χ0n) is 17.0. The van der Waals surface area contributed by atoms with E-state index in [1.165, 1.54) is 4.31 Å². The van der Waals surface area contributed by atoms with Gasteiger partial charge in [0.1, 0.15) is 0 Å². The molecule has 0 bridgehead atoms. The molecule has 2 aromatic heterocycles. The standard InChI is InChI=1S/C16H21N5O3S.C2HF3O2/c1-2-25(23,24)20-11-14-6-8-19-21(14)15(12-20)9-16(22)18-10-13-5-3-4-7-17-13;3-2(4,5)1(6)7/h3-8,15H,2,9-12H2,1H3,(H,18,22);(H,6,7). The van der Waals surface area contributed by atoms with Gasteiger partial charge in [-0.05, 0) is 25.1 Å². The smallest absolute Gasteiger partial charge is 0.475 e. The number of hydrogen-bond acceptors (Lipinski definition) is 6. The van der Waals surface area contributed by atoms with Crippen LogP contribution in [-0.2, 0) is 32.7 Å². The van der Waals surface area contributed by atoms with Gasteiger partial charge >= 0.3 is 12.1 Å². The summed E-state index contributed by atoms with van der Waals surface area (Å²) in [6, 6.07) is 6.98. The van der Waals surface area contributed by atoms with Crippen LogP contribution in [0.3, 0.4) is 0 Å². The van der Waals surface area contributed by atoms with E-state index in [4.69, 9.17) is 9.90 Å². The van der Waals surface area contributed by atoms with Crippen LogP contribution in [0, 0.1) is 0 Å². The van der Waals surface area contributed by atoms with Crippen molar-refractivity contribution in [1.29, 1.82) is 0 Å². The van der Waals surface area contributed by atoms with E-state index < -0.39 is 22.2 Å². The number of alkyl halides is 3. The second-order valence-electron chi connectivity index (χ2n) is 6.72. The summed E-state index contributed by atoms with van der Waals surface area (Å²) in [7, 11) is -3.32. The van der Waals surface area contributed by atoms with Gasteiger partial charge in [0.05, 0.1) is 42.7 Å². The van der Waals surface area contributed by atoms with Crippen LogP contribution in [0.4, 0.5) is 13.2 Å².